The van der Waals surface area contributed by atoms with Crippen molar-refractivity contribution in [2.75, 3.05) is 42.9 Å². The maximum atomic E-state index is 13.1. The second-order valence-corrected chi connectivity index (χ2v) is 7.18. The highest BCUT2D eigenvalue weighted by Crippen LogP contribution is 2.29. The van der Waals surface area contributed by atoms with Crippen LogP contribution in [0.15, 0.2) is 24.3 Å². The van der Waals surface area contributed by atoms with Crippen molar-refractivity contribution in [2.24, 2.45) is 5.92 Å². The molecule has 26 heavy (non-hydrogen) atoms. The topological polar surface area (TPSA) is 73.0 Å². The van der Waals surface area contributed by atoms with Crippen molar-refractivity contribution < 1.29 is 14.4 Å². The number of para-hydroxylation sites is 2. The minimum atomic E-state index is -0.342. The fourth-order valence-corrected chi connectivity index (χ4v) is 3.51. The van der Waals surface area contributed by atoms with Crippen LogP contribution < -0.4 is 10.2 Å². The normalized spacial score (nSPS) is 19.2. The van der Waals surface area contributed by atoms with Crippen LogP contribution >= 0.6 is 0 Å². The van der Waals surface area contributed by atoms with Gasteiger partial charge in [0.2, 0.25) is 17.7 Å². The molecule has 7 nitrogen and oxygen atoms in total. The van der Waals surface area contributed by atoms with E-state index in [1.54, 1.807) is 11.0 Å². The molecule has 2 aliphatic heterocycles. The third-order valence-electron chi connectivity index (χ3n) is 5.06. The molecule has 0 saturated carbocycles. The number of nitrogens with zero attached hydrogens (tertiary/aromatic N) is 3. The van der Waals surface area contributed by atoms with E-state index in [0.29, 0.717) is 31.9 Å². The average molecular weight is 358 g/mol. The van der Waals surface area contributed by atoms with Gasteiger partial charge in [-0.15, -0.1) is 0 Å². The highest BCUT2D eigenvalue weighted by Gasteiger charge is 2.34. The van der Waals surface area contributed by atoms with E-state index in [-0.39, 0.29) is 36.2 Å². The molecule has 0 unspecified atom stereocenters. The minimum absolute atomic E-state index is 0.0102. The van der Waals surface area contributed by atoms with Crippen LogP contribution in [0, 0.1) is 5.92 Å². The van der Waals surface area contributed by atoms with Gasteiger partial charge >= 0.3 is 0 Å². The van der Waals surface area contributed by atoms with Crippen LogP contribution in [0.2, 0.25) is 0 Å². The zero-order valence-corrected chi connectivity index (χ0v) is 15.6. The third kappa shape index (κ3) is 3.58. The zero-order valence-electron chi connectivity index (χ0n) is 15.6. The molecule has 1 N–H and O–H groups in total. The number of hydrogen-bond acceptors (Lipinski definition) is 4. The molecular weight excluding hydrogens is 332 g/mol. The summed E-state index contributed by atoms with van der Waals surface area (Å²) in [5.74, 6) is -0.123. The van der Waals surface area contributed by atoms with Gasteiger partial charge in [0.25, 0.3) is 0 Å². The maximum Gasteiger partial charge on any atom is 0.244 e. The Morgan fingerprint density at radius 2 is 1.65 bits per heavy atom. The van der Waals surface area contributed by atoms with Crippen molar-refractivity contribution in [1.82, 2.24) is 9.80 Å². The van der Waals surface area contributed by atoms with E-state index in [2.05, 4.69) is 10.2 Å². The van der Waals surface area contributed by atoms with Crippen LogP contribution in [0.25, 0.3) is 0 Å². The summed E-state index contributed by atoms with van der Waals surface area (Å²) in [6.45, 7) is 8.29. The molecule has 2 aliphatic rings. The molecule has 3 amide bonds. The highest BCUT2D eigenvalue weighted by atomic mass is 16.2. The Hall–Kier alpha value is -2.41. The molecular formula is C19H26N4O3. The molecule has 1 aromatic rings. The van der Waals surface area contributed by atoms with E-state index in [1.165, 1.54) is 0 Å². The summed E-state index contributed by atoms with van der Waals surface area (Å²) in [5.41, 5.74) is 1.40. The van der Waals surface area contributed by atoms with Crippen molar-refractivity contribution >= 4 is 29.1 Å². The third-order valence-corrected chi connectivity index (χ3v) is 5.06. The second-order valence-electron chi connectivity index (χ2n) is 7.18. The highest BCUT2D eigenvalue weighted by molar-refractivity contribution is 6.11. The Kier molecular flexibility index (Phi) is 5.27. The van der Waals surface area contributed by atoms with Gasteiger partial charge in [-0.05, 0) is 19.1 Å². The van der Waals surface area contributed by atoms with Crippen LogP contribution in [0.3, 0.4) is 0 Å². The van der Waals surface area contributed by atoms with Gasteiger partial charge in [0.15, 0.2) is 0 Å². The van der Waals surface area contributed by atoms with Gasteiger partial charge in [0.05, 0.1) is 17.4 Å². The van der Waals surface area contributed by atoms with Crippen molar-refractivity contribution in [2.45, 2.75) is 26.8 Å². The largest absolute Gasteiger partial charge is 0.340 e. The smallest absolute Gasteiger partial charge is 0.244 e. The number of amides is 3. The van der Waals surface area contributed by atoms with Gasteiger partial charge in [-0.2, -0.15) is 0 Å². The van der Waals surface area contributed by atoms with Crippen LogP contribution in [0.5, 0.6) is 0 Å². The summed E-state index contributed by atoms with van der Waals surface area (Å²) < 4.78 is 0. The van der Waals surface area contributed by atoms with Gasteiger partial charge < -0.3 is 10.2 Å². The molecule has 7 heteroatoms. The van der Waals surface area contributed by atoms with E-state index in [1.807, 2.05) is 43.9 Å². The average Bonchev–Trinajstić information content (AvgIpc) is 2.65. The summed E-state index contributed by atoms with van der Waals surface area (Å²) in [4.78, 5) is 42.6. The van der Waals surface area contributed by atoms with Gasteiger partial charge in [0, 0.05) is 32.1 Å². The van der Waals surface area contributed by atoms with E-state index in [9.17, 15) is 14.4 Å². The molecule has 0 aromatic heterocycles. The van der Waals surface area contributed by atoms with Crippen molar-refractivity contribution in [3.8, 4) is 0 Å². The molecule has 1 saturated heterocycles. The summed E-state index contributed by atoms with van der Waals surface area (Å²) in [6.07, 6.45) is 0. The quantitative estimate of drug-likeness (QED) is 0.880. The van der Waals surface area contributed by atoms with Crippen molar-refractivity contribution in [1.29, 1.82) is 0 Å². The zero-order chi connectivity index (χ0) is 18.8. The van der Waals surface area contributed by atoms with Crippen molar-refractivity contribution in [3.63, 3.8) is 0 Å². The summed E-state index contributed by atoms with van der Waals surface area (Å²) >= 11 is 0. The van der Waals surface area contributed by atoms with Gasteiger partial charge in [-0.1, -0.05) is 26.0 Å². The van der Waals surface area contributed by atoms with Crippen LogP contribution in [-0.4, -0.2) is 66.3 Å². The number of rotatable bonds is 3. The second kappa shape index (κ2) is 7.45. The number of anilines is 2. The lowest BCUT2D eigenvalue weighted by atomic mass is 10.1. The molecule has 2 heterocycles. The summed E-state index contributed by atoms with van der Waals surface area (Å²) in [5, 5.41) is 2.80. The number of benzene rings is 1. The first-order valence-electron chi connectivity index (χ1n) is 9.11. The van der Waals surface area contributed by atoms with E-state index >= 15 is 0 Å². The lowest BCUT2D eigenvalue weighted by Crippen LogP contribution is -2.57. The molecule has 0 bridgehead atoms. The van der Waals surface area contributed by atoms with Crippen LogP contribution in [0.4, 0.5) is 11.4 Å². The van der Waals surface area contributed by atoms with E-state index < -0.39 is 0 Å². The van der Waals surface area contributed by atoms with E-state index in [0.717, 1.165) is 5.69 Å². The lowest BCUT2D eigenvalue weighted by molar-refractivity contribution is -0.137. The van der Waals surface area contributed by atoms with E-state index in [4.69, 9.17) is 0 Å². The standard InChI is InChI=1S/C19H26N4O3/c1-13(2)18(25)22-10-8-21(9-11-22)14(3)19(26)23-12-17(24)20-15-6-4-5-7-16(15)23/h4-7,13-14H,8-12H2,1-3H3,(H,20,24)/t14-/m1/s1. The maximum absolute atomic E-state index is 13.1. The van der Waals surface area contributed by atoms with Crippen LogP contribution in [-0.2, 0) is 14.4 Å². The molecule has 3 rings (SSSR count). The first-order chi connectivity index (χ1) is 12.4. The molecule has 1 fully saturated rings. The first kappa shape index (κ1) is 18.4. The van der Waals surface area contributed by atoms with Gasteiger partial charge in [-0.25, -0.2) is 0 Å². The monoisotopic (exact) mass is 358 g/mol. The van der Waals surface area contributed by atoms with Crippen LogP contribution in [0.1, 0.15) is 20.8 Å². The van der Waals surface area contributed by atoms with Crippen molar-refractivity contribution in [3.05, 3.63) is 24.3 Å². The molecule has 0 spiro atoms. The Morgan fingerprint density at radius 3 is 2.31 bits per heavy atom. The molecule has 1 aromatic carbocycles. The molecule has 140 valence electrons. The first-order valence-corrected chi connectivity index (χ1v) is 9.11. The molecule has 0 aliphatic carbocycles. The number of piperazine rings is 1. The summed E-state index contributed by atoms with van der Waals surface area (Å²) in [7, 11) is 0. The number of nitrogens with one attached hydrogen (secondary N) is 1. The number of hydrogen-bond donors (Lipinski definition) is 1. The lowest BCUT2D eigenvalue weighted by Gasteiger charge is -2.40. The Morgan fingerprint density at radius 1 is 1.00 bits per heavy atom. The Balaban J connectivity index is 1.68. The molecule has 1 atom stereocenters. The number of fused-ring (bicyclic) bond motifs is 1. The number of carbonyl (C=O) groups is 3. The van der Waals surface area contributed by atoms with Gasteiger partial charge in [-0.3, -0.25) is 24.2 Å². The molecule has 0 radical (unpaired) electrons. The predicted octanol–water partition coefficient (Wildman–Crippen LogP) is 1.16. The van der Waals surface area contributed by atoms with Gasteiger partial charge in [0.1, 0.15) is 6.54 Å². The fourth-order valence-electron chi connectivity index (χ4n) is 3.51. The minimum Gasteiger partial charge on any atom is -0.340 e. The SMILES string of the molecule is CC(C)C(=O)N1CCN([C@H](C)C(=O)N2CC(=O)Nc3ccccc32)CC1. The predicted molar refractivity (Wildman–Crippen MR) is 99.9 cm³/mol. The number of carbonyl (C=O) groups excluding carboxylic acids is 3. The summed E-state index contributed by atoms with van der Waals surface area (Å²) in [6, 6.07) is 7.00. The fraction of sp³-hybridized carbons (Fsp3) is 0.526. The Labute approximate surface area is 153 Å². The Bertz CT molecular complexity index is 710.